The summed E-state index contributed by atoms with van der Waals surface area (Å²) in [5.74, 6) is -1.99. The summed E-state index contributed by atoms with van der Waals surface area (Å²) >= 11 is 0. The molecule has 15 atom stereocenters. The smallest absolute Gasteiger partial charge is 0.239 e. The minimum absolute atomic E-state index is 0.110. The number of ether oxygens (including phenoxy) is 6. The number of aliphatic hydroxyl groups excluding tert-OH is 9. The molecular formula is C33H40O19. The standard InChI is InChI=1S/C33H40O19/c1-10-19(36)23(40)26(43)31(47-10)46-9-17-21(38)25(42)28(45)33(51-17)52-30-22(39)18-15(35)7-13(34)8-16(18)50-29(30)12-3-5-14(6-4-12)49-32-27(44)24(41)20(37)11(2)48-32/h3-8,10-11,17,19-21,23-28,31-38,40-45H,9H2,1-2H3/t10-,11-,17+,19-,20-,21+,23+,24+,25-,26+,27+,28+,31+,32-,33-/m0/s1. The van der Waals surface area contributed by atoms with Gasteiger partial charge in [0.25, 0.3) is 0 Å². The number of hydrogen-bond donors (Lipinski definition) is 11. The van der Waals surface area contributed by atoms with Crippen LogP contribution in [0.1, 0.15) is 13.8 Å². The van der Waals surface area contributed by atoms with Gasteiger partial charge in [-0.05, 0) is 38.1 Å². The Hall–Kier alpha value is -3.67. The first kappa shape index (κ1) is 38.1. The third kappa shape index (κ3) is 7.16. The van der Waals surface area contributed by atoms with Gasteiger partial charge in [-0.2, -0.15) is 0 Å². The average Bonchev–Trinajstić information content (AvgIpc) is 3.11. The fourth-order valence-electron chi connectivity index (χ4n) is 6.10. The van der Waals surface area contributed by atoms with Crippen molar-refractivity contribution >= 4 is 11.0 Å². The second-order valence-electron chi connectivity index (χ2n) is 12.9. The zero-order valence-electron chi connectivity index (χ0n) is 27.5. The maximum atomic E-state index is 13.9. The number of phenols is 2. The highest BCUT2D eigenvalue weighted by Gasteiger charge is 2.48. The van der Waals surface area contributed by atoms with Crippen molar-refractivity contribution in [3.63, 3.8) is 0 Å². The monoisotopic (exact) mass is 740 g/mol. The van der Waals surface area contributed by atoms with Crippen molar-refractivity contribution in [3.8, 4) is 34.3 Å². The van der Waals surface area contributed by atoms with Crippen molar-refractivity contribution in [1.82, 2.24) is 0 Å². The van der Waals surface area contributed by atoms with Gasteiger partial charge in [-0.25, -0.2) is 0 Å². The fraction of sp³-hybridized carbons (Fsp3) is 0.545. The van der Waals surface area contributed by atoms with Crippen molar-refractivity contribution in [2.75, 3.05) is 6.61 Å². The highest BCUT2D eigenvalue weighted by Crippen LogP contribution is 2.38. The molecule has 11 N–H and O–H groups in total. The van der Waals surface area contributed by atoms with Crippen molar-refractivity contribution in [3.05, 3.63) is 46.6 Å². The van der Waals surface area contributed by atoms with Crippen LogP contribution in [-0.4, -0.2) is 155 Å². The van der Waals surface area contributed by atoms with Crippen LogP contribution in [0.5, 0.6) is 23.0 Å². The maximum Gasteiger partial charge on any atom is 0.239 e. The average molecular weight is 741 g/mol. The third-order valence-electron chi connectivity index (χ3n) is 9.23. The lowest BCUT2D eigenvalue weighted by molar-refractivity contribution is -0.318. The maximum absolute atomic E-state index is 13.9. The van der Waals surface area contributed by atoms with Crippen LogP contribution in [0.2, 0.25) is 0 Å². The molecule has 1 aromatic heterocycles. The Kier molecular flexibility index (Phi) is 11.0. The Morgan fingerprint density at radius 3 is 1.79 bits per heavy atom. The van der Waals surface area contributed by atoms with Crippen molar-refractivity contribution in [2.45, 2.75) is 106 Å². The van der Waals surface area contributed by atoms with Crippen LogP contribution < -0.4 is 14.9 Å². The topological polar surface area (TPSA) is 308 Å². The van der Waals surface area contributed by atoms with Crippen LogP contribution in [0.25, 0.3) is 22.3 Å². The normalized spacial score (nSPS) is 38.2. The largest absolute Gasteiger partial charge is 0.508 e. The van der Waals surface area contributed by atoms with E-state index >= 15 is 0 Å². The van der Waals surface area contributed by atoms with Crippen molar-refractivity contribution < 1.29 is 89.0 Å². The molecule has 19 heteroatoms. The second kappa shape index (κ2) is 15.0. The van der Waals surface area contributed by atoms with E-state index in [0.717, 1.165) is 12.1 Å². The minimum atomic E-state index is -1.98. The molecule has 6 rings (SSSR count). The first-order valence-electron chi connectivity index (χ1n) is 16.2. The summed E-state index contributed by atoms with van der Waals surface area (Å²) in [6.45, 7) is 2.29. The van der Waals surface area contributed by atoms with Crippen LogP contribution in [0, 0.1) is 0 Å². The van der Waals surface area contributed by atoms with Gasteiger partial charge in [-0.15, -0.1) is 0 Å². The predicted octanol–water partition coefficient (Wildman–Crippen LogP) is -2.89. The summed E-state index contributed by atoms with van der Waals surface area (Å²) < 4.78 is 39.4. The van der Waals surface area contributed by atoms with Gasteiger partial charge in [0.1, 0.15) is 89.3 Å². The molecule has 0 unspecified atom stereocenters. The molecule has 3 aliphatic rings. The van der Waals surface area contributed by atoms with Crippen LogP contribution in [0.4, 0.5) is 0 Å². The molecule has 0 aliphatic carbocycles. The van der Waals surface area contributed by atoms with Crippen LogP contribution in [0.3, 0.4) is 0 Å². The SMILES string of the molecule is C[C@@H]1O[C@@H](OC[C@H]2O[C@@H](Oc3c(-c4ccc(O[C@@H]5O[C@@H](C)[C@H](O)[C@@H](O)[C@H]5O)cc4)oc4cc(O)cc(O)c4c3=O)[C@H](O)[C@@H](O)[C@@H]2O)[C@H](O)[C@H](O)[C@H]1O. The molecule has 0 bridgehead atoms. The van der Waals surface area contributed by atoms with E-state index in [9.17, 15) is 61.0 Å². The molecule has 4 heterocycles. The summed E-state index contributed by atoms with van der Waals surface area (Å²) in [6, 6.07) is 7.45. The number of aromatic hydroxyl groups is 2. The molecule has 3 saturated heterocycles. The van der Waals surface area contributed by atoms with Crippen LogP contribution >= 0.6 is 0 Å². The Balaban J connectivity index is 1.29. The molecule has 286 valence electrons. The number of fused-ring (bicyclic) bond motifs is 1. The van der Waals surface area contributed by atoms with Crippen molar-refractivity contribution in [1.29, 1.82) is 0 Å². The molecule has 3 fully saturated rings. The molecular weight excluding hydrogens is 700 g/mol. The summed E-state index contributed by atoms with van der Waals surface area (Å²) in [6.07, 6.45) is -23.0. The lowest BCUT2D eigenvalue weighted by Crippen LogP contribution is -2.61. The first-order chi connectivity index (χ1) is 24.6. The zero-order chi connectivity index (χ0) is 37.8. The lowest BCUT2D eigenvalue weighted by Gasteiger charge is -2.42. The molecule has 3 aromatic rings. The molecule has 3 aliphatic heterocycles. The lowest BCUT2D eigenvalue weighted by atomic mass is 9.98. The van der Waals surface area contributed by atoms with E-state index in [1.165, 1.54) is 38.1 Å². The Labute approximate surface area is 293 Å². The molecule has 0 radical (unpaired) electrons. The quantitative estimate of drug-likeness (QED) is 0.110. The van der Waals surface area contributed by atoms with Gasteiger partial charge in [-0.1, -0.05) is 0 Å². The number of rotatable bonds is 8. The van der Waals surface area contributed by atoms with Gasteiger partial charge in [-0.3, -0.25) is 4.79 Å². The van der Waals surface area contributed by atoms with Gasteiger partial charge < -0.3 is 89.0 Å². The van der Waals surface area contributed by atoms with Gasteiger partial charge in [0.15, 0.2) is 12.1 Å². The van der Waals surface area contributed by atoms with E-state index in [1.807, 2.05) is 0 Å². The minimum Gasteiger partial charge on any atom is -0.508 e. The first-order valence-corrected chi connectivity index (χ1v) is 16.2. The molecule has 0 spiro atoms. The van der Waals surface area contributed by atoms with E-state index in [0.29, 0.717) is 0 Å². The van der Waals surface area contributed by atoms with E-state index in [2.05, 4.69) is 0 Å². The van der Waals surface area contributed by atoms with E-state index in [4.69, 9.17) is 32.8 Å². The molecule has 0 amide bonds. The summed E-state index contributed by atoms with van der Waals surface area (Å²) in [7, 11) is 0. The molecule has 2 aromatic carbocycles. The second-order valence-corrected chi connectivity index (χ2v) is 12.9. The van der Waals surface area contributed by atoms with Gasteiger partial charge in [0, 0.05) is 17.7 Å². The number of benzene rings is 2. The highest BCUT2D eigenvalue weighted by molar-refractivity contribution is 5.88. The number of hydrogen-bond acceptors (Lipinski definition) is 19. The third-order valence-corrected chi connectivity index (χ3v) is 9.23. The van der Waals surface area contributed by atoms with Gasteiger partial charge in [0.05, 0.1) is 18.8 Å². The van der Waals surface area contributed by atoms with Crippen LogP contribution in [-0.2, 0) is 18.9 Å². The summed E-state index contributed by atoms with van der Waals surface area (Å²) in [5, 5.41) is 113. The highest BCUT2D eigenvalue weighted by atomic mass is 16.7. The summed E-state index contributed by atoms with van der Waals surface area (Å²) in [4.78, 5) is 13.9. The van der Waals surface area contributed by atoms with E-state index in [1.54, 1.807) is 0 Å². The summed E-state index contributed by atoms with van der Waals surface area (Å²) in [5.41, 5.74) is -1.15. The Morgan fingerprint density at radius 1 is 0.635 bits per heavy atom. The molecule has 0 saturated carbocycles. The molecule has 52 heavy (non-hydrogen) atoms. The fourth-order valence-corrected chi connectivity index (χ4v) is 6.10. The van der Waals surface area contributed by atoms with Gasteiger partial charge in [0.2, 0.25) is 23.8 Å². The van der Waals surface area contributed by atoms with Gasteiger partial charge >= 0.3 is 0 Å². The van der Waals surface area contributed by atoms with Crippen molar-refractivity contribution in [2.24, 2.45) is 0 Å². The Morgan fingerprint density at radius 2 is 1.17 bits per heavy atom. The van der Waals surface area contributed by atoms with Crippen LogP contribution in [0.15, 0.2) is 45.6 Å². The van der Waals surface area contributed by atoms with E-state index in [-0.39, 0.29) is 22.7 Å². The number of phenolic OH excluding ortho intramolecular Hbond substituents is 2. The zero-order valence-corrected chi connectivity index (χ0v) is 27.5. The molecule has 19 nitrogen and oxygen atoms in total. The Bertz CT molecular complexity index is 1770. The van der Waals surface area contributed by atoms with E-state index < -0.39 is 127 Å². The predicted molar refractivity (Wildman–Crippen MR) is 170 cm³/mol. The number of aliphatic hydroxyl groups is 9.